The van der Waals surface area contributed by atoms with Crippen LogP contribution in [0.4, 0.5) is 0 Å². The van der Waals surface area contributed by atoms with E-state index in [4.69, 9.17) is 21.1 Å². The highest BCUT2D eigenvalue weighted by molar-refractivity contribution is 6.31. The van der Waals surface area contributed by atoms with Crippen molar-refractivity contribution in [3.8, 4) is 5.75 Å². The number of Topliss-reactive ketones (excluding diaryl/α,β-unsaturated/α-hetero) is 1. The molecule has 0 aromatic heterocycles. The van der Waals surface area contributed by atoms with Crippen LogP contribution in [0.2, 0.25) is 5.02 Å². The summed E-state index contributed by atoms with van der Waals surface area (Å²) < 4.78 is 9.95. The Bertz CT molecular complexity index is 336. The number of hydrogen-bond acceptors (Lipinski definition) is 3. The van der Waals surface area contributed by atoms with Gasteiger partial charge in [0, 0.05) is 12.1 Å². The summed E-state index contributed by atoms with van der Waals surface area (Å²) in [4.78, 5) is 11.2. The number of carbonyl (C=O) groups is 1. The lowest BCUT2D eigenvalue weighted by Gasteiger charge is -2.08. The molecule has 3 nitrogen and oxygen atoms in total. The van der Waals surface area contributed by atoms with Gasteiger partial charge >= 0.3 is 0 Å². The highest BCUT2D eigenvalue weighted by atomic mass is 35.5. The Kier molecular flexibility index (Phi) is 3.92. The zero-order valence-corrected chi connectivity index (χ0v) is 8.80. The summed E-state index contributed by atoms with van der Waals surface area (Å²) in [6, 6.07) is 4.89. The van der Waals surface area contributed by atoms with Crippen molar-refractivity contribution in [2.45, 2.75) is 6.92 Å². The summed E-state index contributed by atoms with van der Waals surface area (Å²) >= 11 is 5.76. The quantitative estimate of drug-likeness (QED) is 0.571. The Morgan fingerprint density at radius 3 is 2.79 bits per heavy atom. The smallest absolute Gasteiger partial charge is 0.188 e. The normalized spacial score (nSPS) is 9.93. The van der Waals surface area contributed by atoms with Gasteiger partial charge in [0.1, 0.15) is 5.75 Å². The molecule has 0 aliphatic rings. The third-order valence-corrected chi connectivity index (χ3v) is 1.89. The Morgan fingerprint density at radius 1 is 1.50 bits per heavy atom. The van der Waals surface area contributed by atoms with Gasteiger partial charge in [0.05, 0.1) is 5.56 Å². The number of halogens is 1. The molecule has 0 spiro atoms. The largest absolute Gasteiger partial charge is 0.467 e. The molecule has 0 atom stereocenters. The summed E-state index contributed by atoms with van der Waals surface area (Å²) in [5.41, 5.74) is 0.467. The molecular formula is C10H11ClO3. The average molecular weight is 215 g/mol. The average Bonchev–Trinajstić information content (AvgIpc) is 2.15. The lowest BCUT2D eigenvalue weighted by Crippen LogP contribution is -2.03. The molecule has 1 aromatic rings. The minimum atomic E-state index is -0.0846. The van der Waals surface area contributed by atoms with Crippen LogP contribution in [0, 0.1) is 0 Å². The van der Waals surface area contributed by atoms with Crippen LogP contribution < -0.4 is 4.74 Å². The molecule has 0 amide bonds. The Balaban J connectivity index is 2.96. The molecule has 0 aliphatic heterocycles. The summed E-state index contributed by atoms with van der Waals surface area (Å²) in [7, 11) is 1.52. The second kappa shape index (κ2) is 4.98. The van der Waals surface area contributed by atoms with Crippen LogP contribution in [-0.2, 0) is 4.74 Å². The van der Waals surface area contributed by atoms with Crippen molar-refractivity contribution in [2.24, 2.45) is 0 Å². The molecule has 1 aromatic carbocycles. The van der Waals surface area contributed by atoms with E-state index in [0.29, 0.717) is 16.3 Å². The molecular weight excluding hydrogens is 204 g/mol. The molecule has 0 saturated heterocycles. The molecule has 0 saturated carbocycles. The summed E-state index contributed by atoms with van der Waals surface area (Å²) in [5.74, 6) is 0.405. The van der Waals surface area contributed by atoms with Gasteiger partial charge in [0.15, 0.2) is 12.6 Å². The van der Waals surface area contributed by atoms with Crippen molar-refractivity contribution in [3.05, 3.63) is 28.8 Å². The fourth-order valence-electron chi connectivity index (χ4n) is 1.03. The predicted octanol–water partition coefficient (Wildman–Crippen LogP) is 2.53. The Labute approximate surface area is 87.6 Å². The minimum absolute atomic E-state index is 0.0846. The second-order valence-corrected chi connectivity index (χ2v) is 3.18. The highest BCUT2D eigenvalue weighted by Crippen LogP contribution is 2.23. The minimum Gasteiger partial charge on any atom is -0.467 e. The molecule has 0 aliphatic carbocycles. The lowest BCUT2D eigenvalue weighted by atomic mass is 10.1. The number of ether oxygens (including phenoxy) is 2. The van der Waals surface area contributed by atoms with Gasteiger partial charge in [-0.05, 0) is 25.1 Å². The van der Waals surface area contributed by atoms with Crippen molar-refractivity contribution in [2.75, 3.05) is 13.9 Å². The van der Waals surface area contributed by atoms with E-state index in [2.05, 4.69) is 0 Å². The summed E-state index contributed by atoms with van der Waals surface area (Å²) in [5, 5.41) is 0.514. The van der Waals surface area contributed by atoms with Crippen molar-refractivity contribution >= 4 is 17.4 Å². The van der Waals surface area contributed by atoms with Crippen LogP contribution in [0.15, 0.2) is 18.2 Å². The SMILES string of the molecule is COCOc1ccc(Cl)cc1C(C)=O. The number of methoxy groups -OCH3 is 1. The number of carbonyl (C=O) groups excluding carboxylic acids is 1. The van der Waals surface area contributed by atoms with Crippen molar-refractivity contribution in [1.82, 2.24) is 0 Å². The van der Waals surface area contributed by atoms with E-state index < -0.39 is 0 Å². The monoisotopic (exact) mass is 214 g/mol. The number of rotatable bonds is 4. The zero-order chi connectivity index (χ0) is 10.6. The van der Waals surface area contributed by atoms with E-state index in [1.807, 2.05) is 0 Å². The first-order valence-electron chi connectivity index (χ1n) is 4.07. The fourth-order valence-corrected chi connectivity index (χ4v) is 1.20. The number of benzene rings is 1. The molecule has 0 radical (unpaired) electrons. The first-order chi connectivity index (χ1) is 6.65. The third-order valence-electron chi connectivity index (χ3n) is 1.65. The van der Waals surface area contributed by atoms with Crippen LogP contribution >= 0.6 is 11.6 Å². The maximum atomic E-state index is 11.2. The van der Waals surface area contributed by atoms with Gasteiger partial charge in [-0.1, -0.05) is 11.6 Å². The standard InChI is InChI=1S/C10H11ClO3/c1-7(12)9-5-8(11)3-4-10(9)14-6-13-2/h3-5H,6H2,1-2H3. The molecule has 0 heterocycles. The van der Waals surface area contributed by atoms with E-state index in [0.717, 1.165) is 0 Å². The van der Waals surface area contributed by atoms with E-state index in [9.17, 15) is 4.79 Å². The van der Waals surface area contributed by atoms with Crippen molar-refractivity contribution in [1.29, 1.82) is 0 Å². The van der Waals surface area contributed by atoms with Gasteiger partial charge in [-0.25, -0.2) is 0 Å². The Morgan fingerprint density at radius 2 is 2.21 bits per heavy atom. The molecule has 76 valence electrons. The van der Waals surface area contributed by atoms with E-state index in [1.165, 1.54) is 14.0 Å². The Hall–Kier alpha value is -1.06. The van der Waals surface area contributed by atoms with Gasteiger partial charge in [-0.3, -0.25) is 4.79 Å². The fraction of sp³-hybridized carbons (Fsp3) is 0.300. The van der Waals surface area contributed by atoms with Gasteiger partial charge in [-0.15, -0.1) is 0 Å². The summed E-state index contributed by atoms with van der Waals surface area (Å²) in [6.07, 6.45) is 0. The summed E-state index contributed by atoms with van der Waals surface area (Å²) in [6.45, 7) is 1.58. The van der Waals surface area contributed by atoms with E-state index in [1.54, 1.807) is 18.2 Å². The maximum Gasteiger partial charge on any atom is 0.188 e. The molecule has 0 bridgehead atoms. The highest BCUT2D eigenvalue weighted by Gasteiger charge is 2.08. The van der Waals surface area contributed by atoms with Gasteiger partial charge in [0.2, 0.25) is 0 Å². The number of hydrogen-bond donors (Lipinski definition) is 0. The van der Waals surface area contributed by atoms with Crippen LogP contribution in [0.3, 0.4) is 0 Å². The maximum absolute atomic E-state index is 11.2. The van der Waals surface area contributed by atoms with Crippen molar-refractivity contribution < 1.29 is 14.3 Å². The third kappa shape index (κ3) is 2.72. The zero-order valence-electron chi connectivity index (χ0n) is 8.04. The van der Waals surface area contributed by atoms with Gasteiger partial charge in [0.25, 0.3) is 0 Å². The van der Waals surface area contributed by atoms with Crippen LogP contribution in [0.25, 0.3) is 0 Å². The first kappa shape index (κ1) is 11.0. The van der Waals surface area contributed by atoms with Crippen LogP contribution in [0.5, 0.6) is 5.75 Å². The molecule has 1 rings (SSSR count). The molecule has 4 heteroatoms. The van der Waals surface area contributed by atoms with Crippen LogP contribution in [-0.4, -0.2) is 19.7 Å². The molecule has 14 heavy (non-hydrogen) atoms. The van der Waals surface area contributed by atoms with E-state index >= 15 is 0 Å². The number of ketones is 1. The molecule has 0 N–H and O–H groups in total. The molecule has 0 fully saturated rings. The lowest BCUT2D eigenvalue weighted by molar-refractivity contribution is 0.0503. The van der Waals surface area contributed by atoms with Crippen LogP contribution in [0.1, 0.15) is 17.3 Å². The second-order valence-electron chi connectivity index (χ2n) is 2.75. The van der Waals surface area contributed by atoms with Gasteiger partial charge in [-0.2, -0.15) is 0 Å². The molecule has 0 unspecified atom stereocenters. The topological polar surface area (TPSA) is 35.5 Å². The van der Waals surface area contributed by atoms with E-state index in [-0.39, 0.29) is 12.6 Å². The first-order valence-corrected chi connectivity index (χ1v) is 4.45. The van der Waals surface area contributed by atoms with Gasteiger partial charge < -0.3 is 9.47 Å². The van der Waals surface area contributed by atoms with Crippen molar-refractivity contribution in [3.63, 3.8) is 0 Å². The predicted molar refractivity (Wildman–Crippen MR) is 54.0 cm³/mol.